The normalized spacial score (nSPS) is 11.0. The van der Waals surface area contributed by atoms with E-state index < -0.39 is 0 Å². The van der Waals surface area contributed by atoms with Crippen molar-refractivity contribution in [2.24, 2.45) is 4.99 Å². The van der Waals surface area contributed by atoms with Gasteiger partial charge in [-0.2, -0.15) is 0 Å². The molecule has 7 heteroatoms. The van der Waals surface area contributed by atoms with Crippen molar-refractivity contribution in [2.45, 2.75) is 32.9 Å². The van der Waals surface area contributed by atoms with Crippen molar-refractivity contribution in [2.75, 3.05) is 33.4 Å². The minimum atomic E-state index is 0. The Bertz CT molecular complexity index is 721. The summed E-state index contributed by atoms with van der Waals surface area (Å²) in [6.07, 6.45) is 1.81. The molecule has 0 aromatic heterocycles. The maximum atomic E-state index is 9.14. The first-order valence-corrected chi connectivity index (χ1v) is 10.2. The molecule has 166 valence electrons. The van der Waals surface area contributed by atoms with Crippen LogP contribution >= 0.6 is 24.0 Å². The second-order valence-corrected chi connectivity index (χ2v) is 6.64. The minimum absolute atomic E-state index is 0. The molecule has 0 atom stereocenters. The molecule has 3 N–H and O–H groups in total. The molecule has 30 heavy (non-hydrogen) atoms. The lowest BCUT2D eigenvalue weighted by atomic mass is 10.1. The van der Waals surface area contributed by atoms with Crippen molar-refractivity contribution in [3.05, 3.63) is 65.2 Å². The lowest BCUT2D eigenvalue weighted by Gasteiger charge is -2.13. The summed E-state index contributed by atoms with van der Waals surface area (Å²) in [5.74, 6) is 1.64. The van der Waals surface area contributed by atoms with Crippen molar-refractivity contribution in [1.82, 2.24) is 10.6 Å². The van der Waals surface area contributed by atoms with Crippen LogP contribution in [-0.4, -0.2) is 44.5 Å². The Labute approximate surface area is 197 Å². The number of rotatable bonds is 12. The van der Waals surface area contributed by atoms with Crippen LogP contribution in [0.5, 0.6) is 5.75 Å². The molecule has 2 aromatic rings. The van der Waals surface area contributed by atoms with Gasteiger partial charge in [-0.25, -0.2) is 4.99 Å². The third kappa shape index (κ3) is 10.3. The maximum absolute atomic E-state index is 9.14. The summed E-state index contributed by atoms with van der Waals surface area (Å²) in [4.78, 5) is 4.71. The van der Waals surface area contributed by atoms with Crippen LogP contribution in [0.15, 0.2) is 53.5 Å². The number of hydrogen-bond donors (Lipinski definition) is 3. The standard InChI is InChI=1S/C23H33N3O3.HI/c1-3-29-16-4-14-24-23(26-17-20-9-11-22(28-2)12-10-20)25-15-13-19-5-7-21(18-27)8-6-19;/h5-12,27H,3-4,13-18H2,1-2H3,(H2,24,25,26);1H. The zero-order valence-electron chi connectivity index (χ0n) is 17.9. The van der Waals surface area contributed by atoms with Crippen LogP contribution in [0.3, 0.4) is 0 Å². The van der Waals surface area contributed by atoms with Crippen LogP contribution in [0.25, 0.3) is 0 Å². The Morgan fingerprint density at radius 2 is 1.57 bits per heavy atom. The number of halogens is 1. The Morgan fingerprint density at radius 1 is 0.933 bits per heavy atom. The molecule has 6 nitrogen and oxygen atoms in total. The molecule has 0 aliphatic heterocycles. The van der Waals surface area contributed by atoms with Gasteiger partial charge in [-0.15, -0.1) is 24.0 Å². The third-order valence-corrected chi connectivity index (χ3v) is 4.45. The second kappa shape index (κ2) is 15.9. The first kappa shape index (κ1) is 26.2. The number of ether oxygens (including phenoxy) is 2. The average molecular weight is 527 g/mol. The van der Waals surface area contributed by atoms with Gasteiger partial charge in [-0.1, -0.05) is 36.4 Å². The summed E-state index contributed by atoms with van der Waals surface area (Å²) in [7, 11) is 1.67. The number of nitrogens with zero attached hydrogens (tertiary/aromatic N) is 1. The van der Waals surface area contributed by atoms with Gasteiger partial charge in [-0.05, 0) is 48.6 Å². The molecule has 0 bridgehead atoms. The summed E-state index contributed by atoms with van der Waals surface area (Å²) < 4.78 is 10.6. The molecule has 0 saturated carbocycles. The molecule has 2 rings (SSSR count). The average Bonchev–Trinajstić information content (AvgIpc) is 2.77. The number of guanidine groups is 1. The summed E-state index contributed by atoms with van der Waals surface area (Å²) >= 11 is 0. The largest absolute Gasteiger partial charge is 0.497 e. The van der Waals surface area contributed by atoms with Crippen molar-refractivity contribution in [3.63, 3.8) is 0 Å². The van der Waals surface area contributed by atoms with Crippen LogP contribution in [0.2, 0.25) is 0 Å². The topological polar surface area (TPSA) is 75.1 Å². The van der Waals surface area contributed by atoms with Gasteiger partial charge in [0.15, 0.2) is 5.96 Å². The van der Waals surface area contributed by atoms with Crippen LogP contribution < -0.4 is 15.4 Å². The molecular formula is C23H34IN3O3. The van der Waals surface area contributed by atoms with Crippen molar-refractivity contribution in [3.8, 4) is 5.75 Å². The lowest BCUT2D eigenvalue weighted by Crippen LogP contribution is -2.39. The zero-order chi connectivity index (χ0) is 20.7. The highest BCUT2D eigenvalue weighted by molar-refractivity contribution is 14.0. The Kier molecular flexibility index (Phi) is 13.9. The molecule has 0 aliphatic rings. The highest BCUT2D eigenvalue weighted by Gasteiger charge is 2.01. The van der Waals surface area contributed by atoms with E-state index in [9.17, 15) is 0 Å². The second-order valence-electron chi connectivity index (χ2n) is 6.64. The molecule has 2 aromatic carbocycles. The fraction of sp³-hybridized carbons (Fsp3) is 0.435. The first-order valence-electron chi connectivity index (χ1n) is 10.2. The fourth-order valence-corrected chi connectivity index (χ4v) is 2.74. The number of methoxy groups -OCH3 is 1. The van der Waals surface area contributed by atoms with Crippen LogP contribution in [0, 0.1) is 0 Å². The molecular weight excluding hydrogens is 493 g/mol. The van der Waals surface area contributed by atoms with E-state index in [1.165, 1.54) is 5.56 Å². The summed E-state index contributed by atoms with van der Waals surface area (Å²) in [6, 6.07) is 16.0. The van der Waals surface area contributed by atoms with Crippen LogP contribution in [0.4, 0.5) is 0 Å². The van der Waals surface area contributed by atoms with Gasteiger partial charge in [0.1, 0.15) is 5.75 Å². The van der Waals surface area contributed by atoms with E-state index in [-0.39, 0.29) is 30.6 Å². The van der Waals surface area contributed by atoms with Gasteiger partial charge in [0.25, 0.3) is 0 Å². The van der Waals surface area contributed by atoms with Gasteiger partial charge in [0.05, 0.1) is 20.3 Å². The van der Waals surface area contributed by atoms with E-state index in [2.05, 4.69) is 22.8 Å². The van der Waals surface area contributed by atoms with E-state index in [1.54, 1.807) is 7.11 Å². The van der Waals surface area contributed by atoms with E-state index in [0.717, 1.165) is 62.0 Å². The molecule has 0 saturated heterocycles. The molecule has 0 unspecified atom stereocenters. The van der Waals surface area contributed by atoms with Crippen molar-refractivity contribution < 1.29 is 14.6 Å². The molecule has 0 radical (unpaired) electrons. The number of nitrogens with one attached hydrogen (secondary N) is 2. The highest BCUT2D eigenvalue weighted by atomic mass is 127. The van der Waals surface area contributed by atoms with E-state index in [4.69, 9.17) is 19.6 Å². The Hall–Kier alpha value is -1.84. The predicted molar refractivity (Wildman–Crippen MR) is 133 cm³/mol. The lowest BCUT2D eigenvalue weighted by molar-refractivity contribution is 0.145. The van der Waals surface area contributed by atoms with Gasteiger partial charge < -0.3 is 25.2 Å². The van der Waals surface area contributed by atoms with E-state index in [1.807, 2.05) is 43.3 Å². The van der Waals surface area contributed by atoms with Gasteiger partial charge in [0, 0.05) is 26.3 Å². The van der Waals surface area contributed by atoms with Crippen LogP contribution in [0.1, 0.15) is 30.0 Å². The number of aliphatic hydroxyl groups excluding tert-OH is 1. The van der Waals surface area contributed by atoms with Gasteiger partial charge in [-0.3, -0.25) is 0 Å². The van der Waals surface area contributed by atoms with Gasteiger partial charge >= 0.3 is 0 Å². The fourth-order valence-electron chi connectivity index (χ4n) is 2.74. The SMILES string of the molecule is CCOCCCNC(=NCc1ccc(OC)cc1)NCCc1ccc(CO)cc1.I. The van der Waals surface area contributed by atoms with E-state index >= 15 is 0 Å². The zero-order valence-corrected chi connectivity index (χ0v) is 20.2. The minimum Gasteiger partial charge on any atom is -0.497 e. The monoisotopic (exact) mass is 527 g/mol. The summed E-state index contributed by atoms with van der Waals surface area (Å²) in [5.41, 5.74) is 3.28. The predicted octanol–water partition coefficient (Wildman–Crippen LogP) is 3.51. The third-order valence-electron chi connectivity index (χ3n) is 4.45. The number of aliphatic hydroxyl groups is 1. The summed E-state index contributed by atoms with van der Waals surface area (Å²) in [6.45, 7) is 5.74. The molecule has 0 spiro atoms. The molecule has 0 fully saturated rings. The molecule has 0 aliphatic carbocycles. The number of benzene rings is 2. The van der Waals surface area contributed by atoms with Crippen molar-refractivity contribution in [1.29, 1.82) is 0 Å². The van der Waals surface area contributed by atoms with Crippen LogP contribution in [-0.2, 0) is 24.3 Å². The Balaban J connectivity index is 0.00000450. The number of hydrogen-bond acceptors (Lipinski definition) is 4. The quantitative estimate of drug-likeness (QED) is 0.171. The first-order chi connectivity index (χ1) is 14.2. The highest BCUT2D eigenvalue weighted by Crippen LogP contribution is 2.11. The Morgan fingerprint density at radius 3 is 2.20 bits per heavy atom. The summed E-state index contributed by atoms with van der Waals surface area (Å²) in [5, 5.41) is 15.9. The smallest absolute Gasteiger partial charge is 0.191 e. The van der Waals surface area contributed by atoms with Gasteiger partial charge in [0.2, 0.25) is 0 Å². The van der Waals surface area contributed by atoms with E-state index in [0.29, 0.717) is 6.54 Å². The molecule has 0 heterocycles. The molecule has 0 amide bonds. The van der Waals surface area contributed by atoms with Crippen molar-refractivity contribution >= 4 is 29.9 Å². The number of aliphatic imine (C=N–C) groups is 1. The maximum Gasteiger partial charge on any atom is 0.191 e.